The third kappa shape index (κ3) is 36.6. The van der Waals surface area contributed by atoms with Crippen molar-refractivity contribution in [1.82, 2.24) is 34.8 Å². The maximum absolute atomic E-state index is 5.74. The topological polar surface area (TPSA) is 80.6 Å². The molecule has 0 radical (unpaired) electrons. The molecule has 1 aliphatic rings. The second-order valence-corrected chi connectivity index (χ2v) is 23.1. The van der Waals surface area contributed by atoms with Gasteiger partial charge >= 0.3 is 0 Å². The Morgan fingerprint density at radius 2 is 0.929 bits per heavy atom. The van der Waals surface area contributed by atoms with Gasteiger partial charge in [-0.2, -0.15) is 0 Å². The SMILES string of the molecule is CC1CCN(C)CC1.CCc1cc(Cl)cc(Cl)c1.CCc1ccccc1.Cc1c(Cl)cccc1Cl.Cc1c(Cl)cncc1Cl.Cc1cc(Cl)ncc1Cl.Cc1cccnc1.Cc1ccnc(Cl)c1Cl.Cc1ccncc1.Cc1ccncc1Cl. The molecule has 9 aromatic rings. The molecule has 10 rings (SSSR count). The first-order chi connectivity index (χ1) is 39.9. The molecule has 1 aliphatic heterocycles. The minimum atomic E-state index is 0.372. The fraction of sp³-hybridized carbons (Fsp3) is 0.273. The van der Waals surface area contributed by atoms with Crippen LogP contribution < -0.4 is 0 Å². The standard InChI is InChI=1S/C8H8Cl2.C8H10.C7H6Cl2.C7H15N.3C6H5Cl2N.C6H6ClN.2C6H7N/c1-2-6-3-7(9)5-8(10)4-6;1-2-8-6-4-3-5-7-8;1-5-6(8)3-2-4-7(5)9;1-7-3-5-8(2)6-4-7;1-4-5(7)2-9-3-6(4)8;1-4-2-6(8)9-3-5(4)7;1-4-2-3-9-6(8)5(4)7;1-5-2-3-8-4-6(5)7;1-6-2-4-7-5-3-6;1-6-3-2-4-7-5-6/h3-5H,2H2,1H3;3-7H,2H2,1H3;2-4H,1H3;7H,3-6H2,1-2H3;3*2-3H,1H3;2-4H,1H3;2*2-5H,1H3. The van der Waals surface area contributed by atoms with E-state index < -0.39 is 0 Å². The summed E-state index contributed by atoms with van der Waals surface area (Å²) in [5.41, 5.74) is 9.87. The van der Waals surface area contributed by atoms with Gasteiger partial charge in [0.15, 0.2) is 0 Å². The molecule has 18 heteroatoms. The summed E-state index contributed by atoms with van der Waals surface area (Å²) in [6.07, 6.45) is 21.8. The quantitative estimate of drug-likeness (QED) is 0.160. The van der Waals surface area contributed by atoms with E-state index in [0.29, 0.717) is 40.4 Å². The van der Waals surface area contributed by atoms with Crippen LogP contribution in [0.3, 0.4) is 0 Å². The molecule has 0 N–H and O–H groups in total. The first kappa shape index (κ1) is 77.7. The molecular weight excluding hydrogens is 1280 g/mol. The smallest absolute Gasteiger partial charge is 0.147 e. The number of nitrogens with zero attached hydrogens (tertiary/aromatic N) is 7. The highest BCUT2D eigenvalue weighted by molar-refractivity contribution is 6.41. The predicted octanol–water partition coefficient (Wildman–Crippen LogP) is 23.4. The number of piperidine rings is 1. The lowest BCUT2D eigenvalue weighted by molar-refractivity contribution is 0.230. The fourth-order valence-corrected chi connectivity index (χ4v) is 8.14. The van der Waals surface area contributed by atoms with Crippen LogP contribution in [0, 0.1) is 54.4 Å². The van der Waals surface area contributed by atoms with Crippen LogP contribution in [0.5, 0.6) is 0 Å². The second kappa shape index (κ2) is 45.9. The number of likely N-dealkylation sites (tertiary alicyclic amines) is 1. The van der Waals surface area contributed by atoms with Gasteiger partial charge in [-0.05, 0) is 217 Å². The van der Waals surface area contributed by atoms with Gasteiger partial charge in [0.1, 0.15) is 10.3 Å². The van der Waals surface area contributed by atoms with Crippen molar-refractivity contribution in [2.24, 2.45) is 5.92 Å². The van der Waals surface area contributed by atoms with E-state index in [9.17, 15) is 0 Å². The molecule has 0 amide bonds. The van der Waals surface area contributed by atoms with E-state index in [2.05, 4.69) is 86.9 Å². The van der Waals surface area contributed by atoms with E-state index in [1.54, 1.807) is 67.9 Å². The van der Waals surface area contributed by atoms with Gasteiger partial charge in [0.25, 0.3) is 0 Å². The number of benzene rings is 3. The van der Waals surface area contributed by atoms with Gasteiger partial charge in [0, 0.05) is 82.1 Å². The number of pyridine rings is 6. The number of aryl methyl sites for hydroxylation is 7. The van der Waals surface area contributed by atoms with Crippen LogP contribution in [-0.2, 0) is 12.8 Å². The molecule has 0 unspecified atom stereocenters. The van der Waals surface area contributed by atoms with Crippen LogP contribution in [0.25, 0.3) is 0 Å². The number of hydrogen-bond acceptors (Lipinski definition) is 7. The second-order valence-electron chi connectivity index (χ2n) is 18.7. The fourth-order valence-electron chi connectivity index (χ4n) is 6.05. The lowest BCUT2D eigenvalue weighted by atomic mass is 10.00. The zero-order valence-corrected chi connectivity index (χ0v) is 57.6. The van der Waals surface area contributed by atoms with Crippen LogP contribution in [-0.4, -0.2) is 54.9 Å². The first-order valence-corrected chi connectivity index (χ1v) is 30.7. The van der Waals surface area contributed by atoms with E-state index in [0.717, 1.165) is 61.6 Å². The molecule has 7 heterocycles. The van der Waals surface area contributed by atoms with E-state index in [-0.39, 0.29) is 0 Å². The minimum Gasteiger partial charge on any atom is -0.306 e. The molecule has 1 saturated heterocycles. The molecule has 0 spiro atoms. The molecular formula is C66H74Cl11N7. The predicted molar refractivity (Wildman–Crippen MR) is 368 cm³/mol. The monoisotopic (exact) mass is 1350 g/mol. The van der Waals surface area contributed by atoms with Crippen LogP contribution in [0.15, 0.2) is 171 Å². The molecule has 0 atom stereocenters. The van der Waals surface area contributed by atoms with Crippen LogP contribution in [0.1, 0.15) is 83.7 Å². The average Bonchev–Trinajstić information content (AvgIpc) is 3.52. The Labute approximate surface area is 555 Å². The third-order valence-electron chi connectivity index (χ3n) is 11.6. The van der Waals surface area contributed by atoms with E-state index in [4.69, 9.17) is 128 Å². The average molecular weight is 1360 g/mol. The normalized spacial score (nSPS) is 11.0. The van der Waals surface area contributed by atoms with E-state index in [1.165, 1.54) is 48.2 Å². The van der Waals surface area contributed by atoms with Crippen molar-refractivity contribution in [2.75, 3.05) is 20.1 Å². The maximum Gasteiger partial charge on any atom is 0.147 e. The van der Waals surface area contributed by atoms with Crippen molar-refractivity contribution < 1.29 is 0 Å². The van der Waals surface area contributed by atoms with Crippen molar-refractivity contribution in [2.45, 2.75) is 94.9 Å². The summed E-state index contributed by atoms with van der Waals surface area (Å²) in [6, 6.07) is 34.8. The summed E-state index contributed by atoms with van der Waals surface area (Å²) in [4.78, 5) is 25.3. The molecule has 84 heavy (non-hydrogen) atoms. The summed E-state index contributed by atoms with van der Waals surface area (Å²) in [7, 11) is 2.20. The molecule has 6 aromatic heterocycles. The van der Waals surface area contributed by atoms with Crippen LogP contribution >= 0.6 is 128 Å². The van der Waals surface area contributed by atoms with Gasteiger partial charge < -0.3 is 4.90 Å². The van der Waals surface area contributed by atoms with Gasteiger partial charge in [0.05, 0.1) is 25.1 Å². The number of rotatable bonds is 2. The molecule has 0 bridgehead atoms. The summed E-state index contributed by atoms with van der Waals surface area (Å²) in [6.45, 7) is 22.7. The highest BCUT2D eigenvalue weighted by atomic mass is 35.5. The largest absolute Gasteiger partial charge is 0.306 e. The Morgan fingerprint density at radius 3 is 1.30 bits per heavy atom. The summed E-state index contributed by atoms with van der Waals surface area (Å²) >= 11 is 62.4. The molecule has 0 saturated carbocycles. The molecule has 3 aromatic carbocycles. The lowest BCUT2D eigenvalue weighted by Gasteiger charge is -2.26. The van der Waals surface area contributed by atoms with Crippen molar-refractivity contribution in [3.8, 4) is 0 Å². The molecule has 0 aliphatic carbocycles. The van der Waals surface area contributed by atoms with Crippen molar-refractivity contribution in [3.63, 3.8) is 0 Å². The van der Waals surface area contributed by atoms with Gasteiger partial charge in [-0.15, -0.1) is 0 Å². The Bertz CT molecular complexity index is 2920. The Morgan fingerprint density at radius 1 is 0.417 bits per heavy atom. The first-order valence-electron chi connectivity index (χ1n) is 26.6. The van der Waals surface area contributed by atoms with Crippen LogP contribution in [0.2, 0.25) is 55.5 Å². The highest BCUT2D eigenvalue weighted by Gasteiger charge is 2.11. The zero-order valence-electron chi connectivity index (χ0n) is 49.3. The summed E-state index contributed by atoms with van der Waals surface area (Å²) in [5, 5.41) is 6.88. The van der Waals surface area contributed by atoms with Gasteiger partial charge in [-0.1, -0.05) is 191 Å². The van der Waals surface area contributed by atoms with E-state index >= 15 is 0 Å². The Kier molecular flexibility index (Phi) is 42.5. The van der Waals surface area contributed by atoms with E-state index in [1.807, 2.05) is 127 Å². The lowest BCUT2D eigenvalue weighted by Crippen LogP contribution is -2.28. The van der Waals surface area contributed by atoms with Crippen LogP contribution in [0.4, 0.5) is 0 Å². The van der Waals surface area contributed by atoms with Gasteiger partial charge in [-0.25, -0.2) is 9.97 Å². The highest BCUT2D eigenvalue weighted by Crippen LogP contribution is 2.24. The third-order valence-corrected chi connectivity index (χ3v) is 15.4. The molecule has 1 fully saturated rings. The molecule has 7 nitrogen and oxygen atoms in total. The maximum atomic E-state index is 5.74. The van der Waals surface area contributed by atoms with Crippen molar-refractivity contribution in [1.29, 1.82) is 0 Å². The van der Waals surface area contributed by atoms with Gasteiger partial charge in [0.2, 0.25) is 0 Å². The van der Waals surface area contributed by atoms with Crippen molar-refractivity contribution in [3.05, 3.63) is 277 Å². The minimum absolute atomic E-state index is 0.372. The van der Waals surface area contributed by atoms with Gasteiger partial charge in [-0.3, -0.25) is 19.9 Å². The number of halogens is 11. The Balaban J connectivity index is 0.000000467. The summed E-state index contributed by atoms with van der Waals surface area (Å²) < 4.78 is 0. The van der Waals surface area contributed by atoms with Crippen molar-refractivity contribution >= 4 is 128 Å². The number of hydrogen-bond donors (Lipinski definition) is 0. The zero-order chi connectivity index (χ0) is 63.0. The Hall–Kier alpha value is -4.29. The molecule has 450 valence electrons. The number of aromatic nitrogens is 6. The summed E-state index contributed by atoms with van der Waals surface area (Å²) in [5.74, 6) is 0.978.